The number of alkyl halides is 6. The Morgan fingerprint density at radius 2 is 1.62 bits per heavy atom. The fourth-order valence-electron chi connectivity index (χ4n) is 0.709. The van der Waals surface area contributed by atoms with Crippen LogP contribution < -0.4 is 0 Å². The summed E-state index contributed by atoms with van der Waals surface area (Å²) >= 11 is 10.6. The van der Waals surface area contributed by atoms with Crippen molar-refractivity contribution in [3.63, 3.8) is 0 Å². The summed E-state index contributed by atoms with van der Waals surface area (Å²) in [5.41, 5.74) is -1.53. The number of rotatable bonds is 6. The Morgan fingerprint density at radius 3 is 1.88 bits per heavy atom. The summed E-state index contributed by atoms with van der Waals surface area (Å²) < 4.78 is 77.2. The van der Waals surface area contributed by atoms with E-state index in [1.807, 2.05) is 0 Å². The van der Waals surface area contributed by atoms with Crippen LogP contribution in [-0.2, 0) is 4.74 Å². The Hall–Kier alpha value is 0.337. The third-order valence-electron chi connectivity index (χ3n) is 1.64. The van der Waals surface area contributed by atoms with Crippen molar-refractivity contribution in [2.24, 2.45) is 0 Å². The molecule has 1 nitrogen and oxygen atoms in total. The maximum absolute atomic E-state index is 12.7. The van der Waals surface area contributed by atoms with E-state index in [2.05, 4.69) is 4.74 Å². The summed E-state index contributed by atoms with van der Waals surface area (Å²) in [7, 11) is -2.82. The largest absolute Gasteiger partial charge is 0.425 e. The second-order valence-corrected chi connectivity index (χ2v) is 7.74. The first-order chi connectivity index (χ1) is 7.06. The molecule has 0 aliphatic rings. The number of ether oxygens (including phenoxy) is 1. The van der Waals surface area contributed by atoms with Crippen LogP contribution in [0.4, 0.5) is 26.3 Å². The van der Waals surface area contributed by atoms with Crippen molar-refractivity contribution in [3.05, 3.63) is 0 Å². The smallest absolute Gasteiger partial charge is 0.313 e. The highest BCUT2D eigenvalue weighted by Crippen LogP contribution is 2.41. The molecule has 0 N–H and O–H groups in total. The van der Waals surface area contributed by atoms with Gasteiger partial charge >= 0.3 is 18.5 Å². The molecule has 1 unspecified atom stereocenters. The zero-order valence-electron chi connectivity index (χ0n) is 7.87. The zero-order valence-corrected chi connectivity index (χ0v) is 10.5. The predicted octanol–water partition coefficient (Wildman–Crippen LogP) is 3.51. The van der Waals surface area contributed by atoms with Crippen molar-refractivity contribution in [3.8, 4) is 0 Å². The lowest BCUT2D eigenvalue weighted by Gasteiger charge is -2.29. The van der Waals surface area contributed by atoms with Gasteiger partial charge < -0.3 is 4.74 Å². The maximum atomic E-state index is 12.7. The molecule has 1 atom stereocenters. The van der Waals surface area contributed by atoms with Crippen LogP contribution in [0.25, 0.3) is 0 Å². The second-order valence-electron chi connectivity index (χ2n) is 2.84. The van der Waals surface area contributed by atoms with Crippen LogP contribution in [0, 0.1) is 0 Å². The van der Waals surface area contributed by atoms with E-state index in [1.165, 1.54) is 6.92 Å². The predicted molar refractivity (Wildman–Crippen MR) is 49.9 cm³/mol. The number of halogens is 8. The molecule has 0 aliphatic heterocycles. The molecule has 0 spiro atoms. The molecule has 98 valence electrons. The highest BCUT2D eigenvalue weighted by atomic mass is 35.7. The first kappa shape index (κ1) is 16.3. The molecular weight excluding hydrogens is 301 g/mol. The molecule has 0 aromatic carbocycles. The monoisotopic (exact) mass is 308 g/mol. The van der Waals surface area contributed by atoms with Crippen LogP contribution in [0.3, 0.4) is 0 Å². The summed E-state index contributed by atoms with van der Waals surface area (Å²) in [6.07, 6.45) is -10.00. The maximum Gasteiger partial charge on any atom is 0.425 e. The summed E-state index contributed by atoms with van der Waals surface area (Å²) in [4.78, 5) is 0. The molecule has 0 aromatic rings. The van der Waals surface area contributed by atoms with Crippen molar-refractivity contribution >= 4 is 29.6 Å². The van der Waals surface area contributed by atoms with Gasteiger partial charge in [-0.2, -0.15) is 17.6 Å². The highest BCUT2D eigenvalue weighted by molar-refractivity contribution is 7.34. The van der Waals surface area contributed by atoms with E-state index in [0.717, 1.165) is 0 Å². The molecule has 0 saturated carbocycles. The van der Waals surface area contributed by atoms with Crippen LogP contribution >= 0.6 is 22.2 Å². The van der Waals surface area contributed by atoms with Gasteiger partial charge in [-0.1, -0.05) is 6.92 Å². The standard InChI is InChI=1S/C6H8Cl2F6OSi/c1-2-3(16(7)8)15-6(13,14)5(11,12)4(9)10/h3-4,16H,2H2,1H3. The van der Waals surface area contributed by atoms with E-state index in [4.69, 9.17) is 22.2 Å². The average molecular weight is 309 g/mol. The average Bonchev–Trinajstić information content (AvgIpc) is 2.13. The van der Waals surface area contributed by atoms with Crippen LogP contribution in [0.5, 0.6) is 0 Å². The van der Waals surface area contributed by atoms with Crippen molar-refractivity contribution in [2.45, 2.75) is 37.5 Å². The topological polar surface area (TPSA) is 9.23 Å². The molecule has 0 saturated heterocycles. The third kappa shape index (κ3) is 3.68. The first-order valence-electron chi connectivity index (χ1n) is 4.06. The van der Waals surface area contributed by atoms with Gasteiger partial charge in [0.05, 0.1) is 5.73 Å². The lowest BCUT2D eigenvalue weighted by molar-refractivity contribution is -0.378. The Bertz CT molecular complexity index is 227. The SMILES string of the molecule is CCC(OC(F)(F)C(F)(F)C(F)F)[SiH](Cl)Cl. The lowest BCUT2D eigenvalue weighted by Crippen LogP contribution is -2.51. The van der Waals surface area contributed by atoms with Gasteiger partial charge in [-0.15, -0.1) is 22.2 Å². The van der Waals surface area contributed by atoms with E-state index in [9.17, 15) is 26.3 Å². The molecule has 0 bridgehead atoms. The summed E-state index contributed by atoms with van der Waals surface area (Å²) in [5, 5.41) is 0. The van der Waals surface area contributed by atoms with E-state index >= 15 is 0 Å². The minimum Gasteiger partial charge on any atom is -0.313 e. The molecule has 16 heavy (non-hydrogen) atoms. The van der Waals surface area contributed by atoms with Gasteiger partial charge in [-0.3, -0.25) is 0 Å². The Morgan fingerprint density at radius 1 is 1.19 bits per heavy atom. The quantitative estimate of drug-likeness (QED) is 0.414. The van der Waals surface area contributed by atoms with Crippen LogP contribution in [0.15, 0.2) is 0 Å². The van der Waals surface area contributed by atoms with Crippen molar-refractivity contribution in [1.82, 2.24) is 0 Å². The van der Waals surface area contributed by atoms with E-state index in [0.29, 0.717) is 0 Å². The normalized spacial score (nSPS) is 15.9. The van der Waals surface area contributed by atoms with Crippen molar-refractivity contribution < 1.29 is 31.1 Å². The third-order valence-corrected chi connectivity index (χ3v) is 4.50. The van der Waals surface area contributed by atoms with E-state index < -0.39 is 31.6 Å². The van der Waals surface area contributed by atoms with Gasteiger partial charge in [0, 0.05) is 0 Å². The Kier molecular flexibility index (Phi) is 5.91. The fourth-order valence-corrected chi connectivity index (χ4v) is 2.72. The number of hydrogen-bond acceptors (Lipinski definition) is 1. The zero-order chi connectivity index (χ0) is 13.1. The number of hydrogen-bond donors (Lipinski definition) is 0. The van der Waals surface area contributed by atoms with Crippen LogP contribution in [0.2, 0.25) is 0 Å². The summed E-state index contributed by atoms with van der Waals surface area (Å²) in [6.45, 7) is 1.31. The minimum atomic E-state index is -5.57. The van der Waals surface area contributed by atoms with Crippen LogP contribution in [0.1, 0.15) is 13.3 Å². The van der Waals surface area contributed by atoms with Gasteiger partial charge in [0.15, 0.2) is 0 Å². The first-order valence-corrected chi connectivity index (χ1v) is 8.21. The van der Waals surface area contributed by atoms with Crippen LogP contribution in [-0.4, -0.2) is 31.6 Å². The van der Waals surface area contributed by atoms with E-state index in [-0.39, 0.29) is 6.42 Å². The van der Waals surface area contributed by atoms with Gasteiger partial charge in [0.2, 0.25) is 0 Å². The Labute approximate surface area is 98.7 Å². The van der Waals surface area contributed by atoms with Crippen molar-refractivity contribution in [1.29, 1.82) is 0 Å². The van der Waals surface area contributed by atoms with Crippen molar-refractivity contribution in [2.75, 3.05) is 0 Å². The molecule has 0 amide bonds. The molecule has 0 fully saturated rings. The van der Waals surface area contributed by atoms with Gasteiger partial charge in [0.25, 0.3) is 7.42 Å². The summed E-state index contributed by atoms with van der Waals surface area (Å²) in [5.74, 6) is -5.57. The Balaban J connectivity index is 4.79. The molecule has 0 radical (unpaired) electrons. The molecule has 10 heteroatoms. The lowest BCUT2D eigenvalue weighted by atomic mass is 10.3. The molecule has 0 aliphatic carbocycles. The van der Waals surface area contributed by atoms with Gasteiger partial charge in [-0.05, 0) is 6.42 Å². The minimum absolute atomic E-state index is 0.168. The fraction of sp³-hybridized carbons (Fsp3) is 1.00. The molecule has 0 heterocycles. The highest BCUT2D eigenvalue weighted by Gasteiger charge is 2.65. The molecular formula is C6H8Cl2F6OSi. The van der Waals surface area contributed by atoms with Gasteiger partial charge in [-0.25, -0.2) is 8.78 Å². The summed E-state index contributed by atoms with van der Waals surface area (Å²) in [6, 6.07) is 0. The molecule has 0 rings (SSSR count). The molecule has 0 aromatic heterocycles. The van der Waals surface area contributed by atoms with E-state index in [1.54, 1.807) is 0 Å². The second kappa shape index (κ2) is 5.79. The van der Waals surface area contributed by atoms with Gasteiger partial charge in [0.1, 0.15) is 0 Å².